The van der Waals surface area contributed by atoms with E-state index in [1.807, 2.05) is 45.0 Å². The van der Waals surface area contributed by atoms with Gasteiger partial charge in [0, 0.05) is 22.3 Å². The molecule has 2 heterocycles. The fourth-order valence-electron chi connectivity index (χ4n) is 2.62. The zero-order chi connectivity index (χ0) is 19.4. The van der Waals surface area contributed by atoms with Crippen LogP contribution in [0.1, 0.15) is 40.8 Å². The van der Waals surface area contributed by atoms with E-state index in [4.69, 9.17) is 4.74 Å². The summed E-state index contributed by atoms with van der Waals surface area (Å²) >= 11 is 5.04. The number of amides is 1. The first-order valence-electron chi connectivity index (χ1n) is 8.61. The van der Waals surface area contributed by atoms with Crippen LogP contribution in [-0.4, -0.2) is 22.5 Å². The molecule has 1 amide bonds. The molecule has 0 fully saturated rings. The van der Waals surface area contributed by atoms with Crippen LogP contribution in [0.3, 0.4) is 0 Å². The van der Waals surface area contributed by atoms with Crippen LogP contribution in [0.4, 0.5) is 0 Å². The number of aromatic nitrogens is 2. The quantitative estimate of drug-likeness (QED) is 0.568. The molecule has 140 valence electrons. The number of halogens is 1. The zero-order valence-corrected chi connectivity index (χ0v) is 17.7. The second-order valence-corrected chi connectivity index (χ2v) is 7.94. The predicted octanol–water partition coefficient (Wildman–Crippen LogP) is 5.17. The van der Waals surface area contributed by atoms with Gasteiger partial charge in [0.2, 0.25) is 5.88 Å². The van der Waals surface area contributed by atoms with Gasteiger partial charge in [-0.2, -0.15) is 0 Å². The largest absolute Gasteiger partial charge is 0.478 e. The summed E-state index contributed by atoms with van der Waals surface area (Å²) in [6.07, 6.45) is 1.53. The normalized spacial score (nSPS) is 11.9. The molecule has 2 aromatic heterocycles. The van der Waals surface area contributed by atoms with Crippen LogP contribution >= 0.6 is 27.3 Å². The van der Waals surface area contributed by atoms with Crippen LogP contribution in [0.5, 0.6) is 5.88 Å². The summed E-state index contributed by atoms with van der Waals surface area (Å²) in [5.41, 5.74) is 2.49. The van der Waals surface area contributed by atoms with E-state index in [0.717, 1.165) is 25.6 Å². The van der Waals surface area contributed by atoms with E-state index in [2.05, 4.69) is 31.2 Å². The van der Waals surface area contributed by atoms with Gasteiger partial charge in [-0.05, 0) is 39.0 Å². The molecule has 0 bridgehead atoms. The SMILES string of the molecule is CCOc1ccc(C(=O)NC(C)c2sc(-c3ccc(Br)cc3)nc2C)cn1. The van der Waals surface area contributed by atoms with Crippen molar-refractivity contribution in [3.05, 3.63) is 63.2 Å². The van der Waals surface area contributed by atoms with Gasteiger partial charge in [0.25, 0.3) is 5.91 Å². The number of carbonyl (C=O) groups excluding carboxylic acids is 1. The molecular weight excluding hydrogens is 426 g/mol. The minimum atomic E-state index is -0.170. The second kappa shape index (κ2) is 8.63. The lowest BCUT2D eigenvalue weighted by molar-refractivity contribution is 0.0940. The lowest BCUT2D eigenvalue weighted by Crippen LogP contribution is -2.26. The first kappa shape index (κ1) is 19.5. The first-order valence-corrected chi connectivity index (χ1v) is 10.2. The lowest BCUT2D eigenvalue weighted by Gasteiger charge is -2.13. The summed E-state index contributed by atoms with van der Waals surface area (Å²) in [4.78, 5) is 22.4. The summed E-state index contributed by atoms with van der Waals surface area (Å²) in [7, 11) is 0. The van der Waals surface area contributed by atoms with E-state index in [9.17, 15) is 4.79 Å². The van der Waals surface area contributed by atoms with Crippen LogP contribution < -0.4 is 10.1 Å². The van der Waals surface area contributed by atoms with Crippen LogP contribution in [-0.2, 0) is 0 Å². The summed E-state index contributed by atoms with van der Waals surface area (Å²) in [5.74, 6) is 0.343. The topological polar surface area (TPSA) is 64.1 Å². The lowest BCUT2D eigenvalue weighted by atomic mass is 10.2. The fraction of sp³-hybridized carbons (Fsp3) is 0.250. The fourth-order valence-corrected chi connectivity index (χ4v) is 3.96. The van der Waals surface area contributed by atoms with Crippen LogP contribution in [0.15, 0.2) is 47.1 Å². The molecule has 0 saturated heterocycles. The van der Waals surface area contributed by atoms with E-state index in [-0.39, 0.29) is 11.9 Å². The molecule has 1 N–H and O–H groups in total. The number of nitrogens with zero attached hydrogens (tertiary/aromatic N) is 2. The van der Waals surface area contributed by atoms with Crippen molar-refractivity contribution in [3.63, 3.8) is 0 Å². The van der Waals surface area contributed by atoms with Crippen molar-refractivity contribution in [1.82, 2.24) is 15.3 Å². The Labute approximate surface area is 171 Å². The Morgan fingerprint density at radius 1 is 1.26 bits per heavy atom. The van der Waals surface area contributed by atoms with E-state index < -0.39 is 0 Å². The van der Waals surface area contributed by atoms with Gasteiger partial charge in [-0.1, -0.05) is 28.1 Å². The number of pyridine rings is 1. The van der Waals surface area contributed by atoms with Gasteiger partial charge in [-0.15, -0.1) is 11.3 Å². The van der Waals surface area contributed by atoms with Crippen molar-refractivity contribution >= 4 is 33.2 Å². The van der Waals surface area contributed by atoms with Crippen molar-refractivity contribution < 1.29 is 9.53 Å². The van der Waals surface area contributed by atoms with Gasteiger partial charge in [0.1, 0.15) is 5.01 Å². The predicted molar refractivity (Wildman–Crippen MR) is 111 cm³/mol. The maximum absolute atomic E-state index is 12.5. The molecule has 0 aliphatic heterocycles. The Morgan fingerprint density at radius 2 is 2.00 bits per heavy atom. The van der Waals surface area contributed by atoms with Gasteiger partial charge >= 0.3 is 0 Å². The maximum Gasteiger partial charge on any atom is 0.253 e. The number of rotatable bonds is 6. The highest BCUT2D eigenvalue weighted by Gasteiger charge is 2.18. The number of carbonyl (C=O) groups is 1. The van der Waals surface area contributed by atoms with Crippen molar-refractivity contribution in [2.24, 2.45) is 0 Å². The number of nitrogens with one attached hydrogen (secondary N) is 1. The number of hydrogen-bond donors (Lipinski definition) is 1. The third kappa shape index (κ3) is 4.73. The highest BCUT2D eigenvalue weighted by atomic mass is 79.9. The van der Waals surface area contributed by atoms with Crippen molar-refractivity contribution in [3.8, 4) is 16.5 Å². The highest BCUT2D eigenvalue weighted by molar-refractivity contribution is 9.10. The summed E-state index contributed by atoms with van der Waals surface area (Å²) < 4.78 is 6.34. The third-order valence-electron chi connectivity index (χ3n) is 3.96. The number of thiazole rings is 1. The maximum atomic E-state index is 12.5. The summed E-state index contributed by atoms with van der Waals surface area (Å²) in [6, 6.07) is 11.3. The minimum absolute atomic E-state index is 0.147. The van der Waals surface area contributed by atoms with Gasteiger partial charge in [-0.25, -0.2) is 9.97 Å². The Morgan fingerprint density at radius 3 is 2.63 bits per heavy atom. The van der Waals surface area contributed by atoms with Gasteiger partial charge < -0.3 is 10.1 Å². The van der Waals surface area contributed by atoms with Crippen LogP contribution in [0.25, 0.3) is 10.6 Å². The van der Waals surface area contributed by atoms with E-state index in [0.29, 0.717) is 18.1 Å². The monoisotopic (exact) mass is 445 g/mol. The van der Waals surface area contributed by atoms with Gasteiger partial charge in [0.15, 0.2) is 0 Å². The molecule has 1 atom stereocenters. The van der Waals surface area contributed by atoms with Crippen molar-refractivity contribution in [2.75, 3.05) is 6.61 Å². The summed E-state index contributed by atoms with van der Waals surface area (Å²) in [5, 5.41) is 3.97. The van der Waals surface area contributed by atoms with Crippen LogP contribution in [0.2, 0.25) is 0 Å². The molecule has 0 radical (unpaired) electrons. The van der Waals surface area contributed by atoms with Crippen molar-refractivity contribution in [2.45, 2.75) is 26.8 Å². The molecule has 3 aromatic rings. The number of ether oxygens (including phenoxy) is 1. The number of benzene rings is 1. The molecule has 0 spiro atoms. The van der Waals surface area contributed by atoms with Crippen LogP contribution in [0, 0.1) is 6.92 Å². The van der Waals surface area contributed by atoms with Gasteiger partial charge in [0.05, 0.1) is 28.8 Å². The molecule has 1 unspecified atom stereocenters. The van der Waals surface area contributed by atoms with E-state index >= 15 is 0 Å². The zero-order valence-electron chi connectivity index (χ0n) is 15.3. The minimum Gasteiger partial charge on any atom is -0.478 e. The molecule has 0 aliphatic carbocycles. The Bertz CT molecular complexity index is 923. The van der Waals surface area contributed by atoms with E-state index in [1.54, 1.807) is 23.5 Å². The first-order chi connectivity index (χ1) is 13.0. The molecular formula is C20H20BrN3O2S. The number of hydrogen-bond acceptors (Lipinski definition) is 5. The average molecular weight is 446 g/mol. The van der Waals surface area contributed by atoms with E-state index in [1.165, 1.54) is 6.20 Å². The number of aryl methyl sites for hydroxylation is 1. The highest BCUT2D eigenvalue weighted by Crippen LogP contribution is 2.32. The smallest absolute Gasteiger partial charge is 0.253 e. The third-order valence-corrected chi connectivity index (χ3v) is 5.87. The molecule has 1 aromatic carbocycles. The van der Waals surface area contributed by atoms with Crippen molar-refractivity contribution in [1.29, 1.82) is 0 Å². The Hall–Kier alpha value is -2.25. The standard InChI is InChI=1S/C20H20BrN3O2S/c1-4-26-17-10-7-15(11-22-17)19(25)23-12(2)18-13(3)24-20(27-18)14-5-8-16(21)9-6-14/h5-12H,4H2,1-3H3,(H,23,25). The molecule has 0 aliphatic rings. The molecule has 27 heavy (non-hydrogen) atoms. The Kier molecular flexibility index (Phi) is 6.23. The Balaban J connectivity index is 1.73. The second-order valence-electron chi connectivity index (χ2n) is 5.99. The molecule has 5 nitrogen and oxygen atoms in total. The molecule has 7 heteroatoms. The average Bonchev–Trinajstić information content (AvgIpc) is 3.05. The van der Waals surface area contributed by atoms with Gasteiger partial charge in [-0.3, -0.25) is 4.79 Å². The summed E-state index contributed by atoms with van der Waals surface area (Å²) in [6.45, 7) is 6.37. The molecule has 3 rings (SSSR count). The molecule has 0 saturated carbocycles.